The molecule has 6 nitrogen and oxygen atoms in total. The van der Waals surface area contributed by atoms with Crippen LogP contribution >= 0.6 is 0 Å². The highest BCUT2D eigenvalue weighted by Gasteiger charge is 2.27. The molecule has 27 heavy (non-hydrogen) atoms. The molecule has 3 heterocycles. The second kappa shape index (κ2) is 7.80. The second-order valence-electron chi connectivity index (χ2n) is 6.86. The molecule has 6 heteroatoms. The van der Waals surface area contributed by atoms with Gasteiger partial charge < -0.3 is 14.3 Å². The van der Waals surface area contributed by atoms with Gasteiger partial charge in [-0.15, -0.1) is 0 Å². The van der Waals surface area contributed by atoms with E-state index in [2.05, 4.69) is 15.4 Å². The van der Waals surface area contributed by atoms with Crippen LogP contribution in [0.5, 0.6) is 0 Å². The molecule has 1 saturated heterocycles. The van der Waals surface area contributed by atoms with Crippen molar-refractivity contribution >= 4 is 5.91 Å². The third-order valence-electron chi connectivity index (χ3n) is 4.93. The molecule has 1 aliphatic rings. The number of amides is 1. The summed E-state index contributed by atoms with van der Waals surface area (Å²) in [4.78, 5) is 14.9. The Labute approximate surface area is 158 Å². The van der Waals surface area contributed by atoms with Crippen LogP contribution in [0.4, 0.5) is 0 Å². The number of carbonyl (C=O) groups is 1. The molecular weight excluding hydrogens is 342 g/mol. The van der Waals surface area contributed by atoms with Crippen molar-refractivity contribution in [2.24, 2.45) is 0 Å². The molecule has 3 aromatic rings. The third-order valence-corrected chi connectivity index (χ3v) is 4.93. The molecule has 140 valence electrons. The maximum atomic E-state index is 12.6. The first kappa shape index (κ1) is 17.5. The third kappa shape index (κ3) is 3.95. The number of benzene rings is 1. The molecule has 0 unspecified atom stereocenters. The van der Waals surface area contributed by atoms with Gasteiger partial charge in [0.1, 0.15) is 11.5 Å². The number of nitrogens with one attached hydrogen (secondary N) is 1. The average Bonchev–Trinajstić information content (AvgIpc) is 3.45. The van der Waals surface area contributed by atoms with E-state index in [-0.39, 0.29) is 17.6 Å². The lowest BCUT2D eigenvalue weighted by Gasteiger charge is -2.25. The molecule has 0 saturated carbocycles. The molecule has 0 spiro atoms. The fourth-order valence-electron chi connectivity index (χ4n) is 3.50. The summed E-state index contributed by atoms with van der Waals surface area (Å²) in [5.74, 6) is 2.11. The van der Waals surface area contributed by atoms with Crippen molar-refractivity contribution in [1.82, 2.24) is 15.4 Å². The van der Waals surface area contributed by atoms with Gasteiger partial charge in [0, 0.05) is 18.2 Å². The molecule has 1 amide bonds. The predicted octanol–water partition coefficient (Wildman–Crippen LogP) is 3.81. The van der Waals surface area contributed by atoms with E-state index in [4.69, 9.17) is 8.94 Å². The van der Waals surface area contributed by atoms with Crippen LogP contribution in [0.1, 0.15) is 40.9 Å². The largest absolute Gasteiger partial charge is 0.465 e. The van der Waals surface area contributed by atoms with Crippen molar-refractivity contribution in [1.29, 1.82) is 0 Å². The highest BCUT2D eigenvalue weighted by atomic mass is 16.5. The van der Waals surface area contributed by atoms with Crippen LogP contribution in [-0.2, 0) is 0 Å². The maximum absolute atomic E-state index is 12.6. The summed E-state index contributed by atoms with van der Waals surface area (Å²) in [5, 5.41) is 6.91. The summed E-state index contributed by atoms with van der Waals surface area (Å²) < 4.78 is 11.2. The zero-order valence-corrected chi connectivity index (χ0v) is 15.4. The van der Waals surface area contributed by atoms with E-state index < -0.39 is 0 Å². The Balaban J connectivity index is 1.44. The molecule has 2 aromatic heterocycles. The van der Waals surface area contributed by atoms with Gasteiger partial charge in [-0.2, -0.15) is 0 Å². The van der Waals surface area contributed by atoms with Gasteiger partial charge in [-0.1, -0.05) is 35.5 Å². The minimum Gasteiger partial charge on any atom is -0.465 e. The first-order valence-electron chi connectivity index (χ1n) is 9.31. The van der Waals surface area contributed by atoms with Crippen molar-refractivity contribution in [2.75, 3.05) is 19.6 Å². The lowest BCUT2D eigenvalue weighted by atomic mass is 10.1. The van der Waals surface area contributed by atoms with E-state index >= 15 is 0 Å². The van der Waals surface area contributed by atoms with Gasteiger partial charge in [0.25, 0.3) is 5.91 Å². The average molecular weight is 365 g/mol. The molecule has 0 bridgehead atoms. The molecule has 1 atom stereocenters. The van der Waals surface area contributed by atoms with Crippen molar-refractivity contribution < 1.29 is 13.7 Å². The Hall–Kier alpha value is -2.86. The van der Waals surface area contributed by atoms with Crippen molar-refractivity contribution in [3.05, 3.63) is 65.7 Å². The number of aromatic nitrogens is 1. The van der Waals surface area contributed by atoms with Crippen LogP contribution in [0.25, 0.3) is 11.3 Å². The van der Waals surface area contributed by atoms with Gasteiger partial charge in [-0.3, -0.25) is 9.69 Å². The lowest BCUT2D eigenvalue weighted by molar-refractivity contribution is 0.0924. The van der Waals surface area contributed by atoms with Gasteiger partial charge >= 0.3 is 0 Å². The highest BCUT2D eigenvalue weighted by molar-refractivity contribution is 5.93. The lowest BCUT2D eigenvalue weighted by Crippen LogP contribution is -2.36. The first-order valence-corrected chi connectivity index (χ1v) is 9.31. The predicted molar refractivity (Wildman–Crippen MR) is 101 cm³/mol. The molecule has 0 aliphatic carbocycles. The van der Waals surface area contributed by atoms with E-state index in [0.29, 0.717) is 12.3 Å². The first-order chi connectivity index (χ1) is 13.2. The smallest absolute Gasteiger partial charge is 0.273 e. The number of nitrogens with zero attached hydrogens (tertiary/aromatic N) is 2. The molecular formula is C21H23N3O3. The molecule has 1 N–H and O–H groups in total. The van der Waals surface area contributed by atoms with Crippen LogP contribution in [0, 0.1) is 6.92 Å². The molecule has 1 aliphatic heterocycles. The number of furan rings is 1. The Bertz CT molecular complexity index is 894. The zero-order chi connectivity index (χ0) is 18.6. The normalized spacial score (nSPS) is 15.7. The van der Waals surface area contributed by atoms with Gasteiger partial charge in [0.15, 0.2) is 11.5 Å². The fourth-order valence-corrected chi connectivity index (χ4v) is 3.50. The van der Waals surface area contributed by atoms with E-state index in [1.807, 2.05) is 49.4 Å². The summed E-state index contributed by atoms with van der Waals surface area (Å²) in [6.07, 6.45) is 2.35. The van der Waals surface area contributed by atoms with Gasteiger partial charge in [-0.05, 0) is 45.0 Å². The molecule has 1 aromatic carbocycles. The highest BCUT2D eigenvalue weighted by Crippen LogP contribution is 2.26. The van der Waals surface area contributed by atoms with Crippen LogP contribution < -0.4 is 5.32 Å². The second-order valence-corrected chi connectivity index (χ2v) is 6.86. The topological polar surface area (TPSA) is 71.5 Å². The van der Waals surface area contributed by atoms with E-state index in [9.17, 15) is 4.79 Å². The number of rotatable bonds is 6. The SMILES string of the molecule is Cc1ccc([C@H](CNC(=O)c2cc(-c3ccccc3)on2)N2CCCC2)o1. The Morgan fingerprint density at radius 2 is 1.96 bits per heavy atom. The van der Waals surface area contributed by atoms with Crippen LogP contribution in [0.2, 0.25) is 0 Å². The number of hydrogen-bond acceptors (Lipinski definition) is 5. The minimum atomic E-state index is -0.242. The fraction of sp³-hybridized carbons (Fsp3) is 0.333. The summed E-state index contributed by atoms with van der Waals surface area (Å²) in [5.41, 5.74) is 1.18. The van der Waals surface area contributed by atoms with E-state index in [1.165, 1.54) is 12.8 Å². The van der Waals surface area contributed by atoms with Gasteiger partial charge in [-0.25, -0.2) is 0 Å². The van der Waals surface area contributed by atoms with Crippen LogP contribution in [0.15, 0.2) is 57.5 Å². The Morgan fingerprint density at radius 1 is 1.19 bits per heavy atom. The molecule has 1 fully saturated rings. The standard InChI is InChI=1S/C21H23N3O3/c1-15-9-10-19(26-15)18(24-11-5-6-12-24)14-22-21(25)17-13-20(27-23-17)16-7-3-2-4-8-16/h2-4,7-10,13,18H,5-6,11-12,14H2,1H3,(H,22,25)/t18-/m0/s1. The summed E-state index contributed by atoms with van der Waals surface area (Å²) in [7, 11) is 0. The van der Waals surface area contributed by atoms with Crippen LogP contribution in [-0.4, -0.2) is 35.6 Å². The number of aryl methyl sites for hydroxylation is 1. The summed E-state index contributed by atoms with van der Waals surface area (Å²) >= 11 is 0. The van der Waals surface area contributed by atoms with E-state index in [1.54, 1.807) is 6.07 Å². The molecule has 4 rings (SSSR count). The Morgan fingerprint density at radius 3 is 2.67 bits per heavy atom. The van der Waals surface area contributed by atoms with Crippen LogP contribution in [0.3, 0.4) is 0 Å². The quantitative estimate of drug-likeness (QED) is 0.719. The number of likely N-dealkylation sites (tertiary alicyclic amines) is 1. The number of hydrogen-bond donors (Lipinski definition) is 1. The zero-order valence-electron chi connectivity index (χ0n) is 15.4. The minimum absolute atomic E-state index is 0.0330. The van der Waals surface area contributed by atoms with Crippen molar-refractivity contribution in [2.45, 2.75) is 25.8 Å². The monoisotopic (exact) mass is 365 g/mol. The van der Waals surface area contributed by atoms with Gasteiger partial charge in [0.05, 0.1) is 6.04 Å². The number of carbonyl (C=O) groups excluding carboxylic acids is 1. The van der Waals surface area contributed by atoms with Crippen molar-refractivity contribution in [3.8, 4) is 11.3 Å². The van der Waals surface area contributed by atoms with Gasteiger partial charge in [0.2, 0.25) is 0 Å². The Kier molecular flexibility index (Phi) is 5.07. The molecule has 0 radical (unpaired) electrons. The maximum Gasteiger partial charge on any atom is 0.273 e. The summed E-state index contributed by atoms with van der Waals surface area (Å²) in [6, 6.07) is 15.3. The van der Waals surface area contributed by atoms with E-state index in [0.717, 1.165) is 30.2 Å². The summed E-state index contributed by atoms with van der Waals surface area (Å²) in [6.45, 7) is 4.44. The van der Waals surface area contributed by atoms with Crippen molar-refractivity contribution in [3.63, 3.8) is 0 Å².